The number of para-hydroxylation sites is 3. The van der Waals surface area contributed by atoms with Gasteiger partial charge in [0.2, 0.25) is 5.95 Å². The van der Waals surface area contributed by atoms with Crippen molar-refractivity contribution in [2.24, 2.45) is 0 Å². The normalized spacial score (nSPS) is 14.0. The van der Waals surface area contributed by atoms with Crippen LogP contribution in [0, 0.1) is 0 Å². The van der Waals surface area contributed by atoms with E-state index in [1.807, 2.05) is 0 Å². The van der Waals surface area contributed by atoms with Gasteiger partial charge in [0.15, 0.2) is 0 Å². The molecule has 5 heteroatoms. The molecule has 4 nitrogen and oxygen atoms in total. The minimum absolute atomic E-state index is 0.349. The summed E-state index contributed by atoms with van der Waals surface area (Å²) in [7, 11) is 0. The van der Waals surface area contributed by atoms with Crippen molar-refractivity contribution in [3.63, 3.8) is 0 Å². The first kappa shape index (κ1) is 28.5. The van der Waals surface area contributed by atoms with Gasteiger partial charge < -0.3 is 4.57 Å². The Morgan fingerprint density at radius 2 is 1.08 bits per heavy atom. The zero-order chi connectivity index (χ0) is 34.3. The molecule has 0 bridgehead atoms. The van der Waals surface area contributed by atoms with Crippen molar-refractivity contribution in [3.8, 4) is 34.0 Å². The van der Waals surface area contributed by atoms with Gasteiger partial charge in [-0.25, -0.2) is 9.97 Å². The lowest BCUT2D eigenvalue weighted by Gasteiger charge is -2.25. The standard InChI is InChI=1S/C47H30N4S/c1-47(2)41-30(23-25-32-28-15-6-9-19-36(28)50(44(32)41)27-13-4-3-5-14-27)31-24-26-33-29-16-7-10-20-37(29)51(45(33)42(31)47)46-48-35-18-12-22-39-40(35)43(49-46)34-17-8-11-21-38(34)52-39/h3-26H,1-2H3. The van der Waals surface area contributed by atoms with Gasteiger partial charge in [0, 0.05) is 53.4 Å². The molecule has 7 aromatic carbocycles. The first-order valence-corrected chi connectivity index (χ1v) is 18.7. The number of fused-ring (bicyclic) bond motifs is 13. The van der Waals surface area contributed by atoms with Crippen LogP contribution in [-0.2, 0) is 5.41 Å². The average Bonchev–Trinajstić information content (AvgIpc) is 3.78. The fourth-order valence-electron chi connectivity index (χ4n) is 9.40. The van der Waals surface area contributed by atoms with E-state index in [0.29, 0.717) is 5.95 Å². The number of benzene rings is 7. The molecule has 0 spiro atoms. The third-order valence-corrected chi connectivity index (χ3v) is 12.6. The molecule has 1 aliphatic heterocycles. The second-order valence-corrected chi connectivity index (χ2v) is 15.6. The summed E-state index contributed by atoms with van der Waals surface area (Å²) in [5.41, 5.74) is 14.0. The van der Waals surface area contributed by atoms with Crippen molar-refractivity contribution in [1.82, 2.24) is 19.1 Å². The van der Waals surface area contributed by atoms with Crippen molar-refractivity contribution >= 4 is 66.3 Å². The summed E-state index contributed by atoms with van der Waals surface area (Å²) in [4.78, 5) is 13.3. The van der Waals surface area contributed by atoms with Gasteiger partial charge in [0.25, 0.3) is 0 Å². The highest BCUT2D eigenvalue weighted by atomic mass is 32.2. The molecule has 10 aromatic rings. The van der Waals surface area contributed by atoms with E-state index in [4.69, 9.17) is 9.97 Å². The average molecular weight is 683 g/mol. The second-order valence-electron chi connectivity index (χ2n) is 14.6. The van der Waals surface area contributed by atoms with Crippen LogP contribution < -0.4 is 0 Å². The highest BCUT2D eigenvalue weighted by molar-refractivity contribution is 7.99. The maximum atomic E-state index is 5.50. The minimum atomic E-state index is -0.349. The van der Waals surface area contributed by atoms with E-state index in [0.717, 1.165) is 27.7 Å². The van der Waals surface area contributed by atoms with E-state index >= 15 is 0 Å². The van der Waals surface area contributed by atoms with E-state index < -0.39 is 0 Å². The SMILES string of the molecule is CC1(C)c2c(ccc3c4ccccc4n(-c4ccccc4)c23)-c2ccc3c4ccccc4n(-c4nc5c6c(cccc6n4)Sc4ccccc4-5)c3c21. The van der Waals surface area contributed by atoms with Crippen LogP contribution in [0.5, 0.6) is 0 Å². The van der Waals surface area contributed by atoms with Crippen molar-refractivity contribution < 1.29 is 0 Å². The molecule has 0 fully saturated rings. The van der Waals surface area contributed by atoms with Gasteiger partial charge in [-0.15, -0.1) is 0 Å². The van der Waals surface area contributed by atoms with E-state index in [2.05, 4.69) is 169 Å². The predicted octanol–water partition coefficient (Wildman–Crippen LogP) is 12.3. The van der Waals surface area contributed by atoms with Gasteiger partial charge in [-0.1, -0.05) is 129 Å². The Balaban J connectivity index is 1.21. The zero-order valence-electron chi connectivity index (χ0n) is 28.6. The third-order valence-electron chi connectivity index (χ3n) is 11.5. The molecule has 1 aliphatic carbocycles. The molecule has 12 rings (SSSR count). The molecule has 0 unspecified atom stereocenters. The largest absolute Gasteiger partial charge is 0.309 e. The summed E-state index contributed by atoms with van der Waals surface area (Å²) in [6, 6.07) is 52.9. The Kier molecular flexibility index (Phi) is 5.48. The number of hydrogen-bond acceptors (Lipinski definition) is 3. The number of rotatable bonds is 2. The smallest absolute Gasteiger partial charge is 0.235 e. The summed E-state index contributed by atoms with van der Waals surface area (Å²) in [6.07, 6.45) is 0. The molecule has 0 radical (unpaired) electrons. The first-order chi connectivity index (χ1) is 25.6. The molecule has 0 amide bonds. The molecular weight excluding hydrogens is 653 g/mol. The second kappa shape index (κ2) is 9.99. The Morgan fingerprint density at radius 1 is 0.481 bits per heavy atom. The van der Waals surface area contributed by atoms with Crippen molar-refractivity contribution in [1.29, 1.82) is 0 Å². The zero-order valence-corrected chi connectivity index (χ0v) is 29.4. The number of aromatic nitrogens is 4. The van der Waals surface area contributed by atoms with Crippen LogP contribution in [-0.4, -0.2) is 19.1 Å². The van der Waals surface area contributed by atoms with Gasteiger partial charge in [0.05, 0.1) is 33.3 Å². The summed E-state index contributed by atoms with van der Waals surface area (Å²) < 4.78 is 4.84. The van der Waals surface area contributed by atoms with Crippen LogP contribution in [0.3, 0.4) is 0 Å². The number of nitrogens with zero attached hydrogens (tertiary/aromatic N) is 4. The van der Waals surface area contributed by atoms with Crippen LogP contribution in [0.25, 0.3) is 88.5 Å². The summed E-state index contributed by atoms with van der Waals surface area (Å²) >= 11 is 1.81. The lowest BCUT2D eigenvalue weighted by atomic mass is 9.80. The third kappa shape index (κ3) is 3.53. The monoisotopic (exact) mass is 682 g/mol. The van der Waals surface area contributed by atoms with Crippen molar-refractivity contribution in [2.45, 2.75) is 29.1 Å². The number of hydrogen-bond donors (Lipinski definition) is 0. The van der Waals surface area contributed by atoms with Crippen molar-refractivity contribution in [3.05, 3.63) is 157 Å². The highest BCUT2D eigenvalue weighted by Crippen LogP contribution is 2.56. The van der Waals surface area contributed by atoms with E-state index in [1.54, 1.807) is 11.8 Å². The molecule has 4 heterocycles. The maximum absolute atomic E-state index is 5.50. The molecule has 0 saturated heterocycles. The van der Waals surface area contributed by atoms with Crippen LogP contribution in [0.2, 0.25) is 0 Å². The van der Waals surface area contributed by atoms with Gasteiger partial charge in [-0.2, -0.15) is 0 Å². The van der Waals surface area contributed by atoms with E-state index in [-0.39, 0.29) is 5.41 Å². The van der Waals surface area contributed by atoms with E-state index in [1.165, 1.54) is 75.8 Å². The van der Waals surface area contributed by atoms with Gasteiger partial charge >= 0.3 is 0 Å². The van der Waals surface area contributed by atoms with Gasteiger partial charge in [-0.3, -0.25) is 4.57 Å². The quantitative estimate of drug-likeness (QED) is 0.182. The van der Waals surface area contributed by atoms with Crippen LogP contribution >= 0.6 is 11.8 Å². The molecule has 0 N–H and O–H groups in total. The Morgan fingerprint density at radius 3 is 1.81 bits per heavy atom. The van der Waals surface area contributed by atoms with Crippen LogP contribution in [0.15, 0.2) is 155 Å². The van der Waals surface area contributed by atoms with Crippen molar-refractivity contribution in [2.75, 3.05) is 0 Å². The van der Waals surface area contributed by atoms with Gasteiger partial charge in [0.1, 0.15) is 0 Å². The fraction of sp³-hybridized carbons (Fsp3) is 0.0638. The molecular formula is C47H30N4S. The molecule has 244 valence electrons. The topological polar surface area (TPSA) is 35.6 Å². The summed E-state index contributed by atoms with van der Waals surface area (Å²) in [5, 5.41) is 6.10. The fourth-order valence-corrected chi connectivity index (χ4v) is 10.5. The molecule has 52 heavy (non-hydrogen) atoms. The minimum Gasteiger partial charge on any atom is -0.309 e. The first-order valence-electron chi connectivity index (χ1n) is 17.9. The summed E-state index contributed by atoms with van der Waals surface area (Å²) in [6.45, 7) is 4.83. The molecule has 2 aliphatic rings. The van der Waals surface area contributed by atoms with Crippen LogP contribution in [0.4, 0.5) is 0 Å². The van der Waals surface area contributed by atoms with E-state index in [9.17, 15) is 0 Å². The van der Waals surface area contributed by atoms with Crippen LogP contribution in [0.1, 0.15) is 25.0 Å². The molecule has 0 saturated carbocycles. The summed E-state index contributed by atoms with van der Waals surface area (Å²) in [5.74, 6) is 0.705. The highest BCUT2D eigenvalue weighted by Gasteiger charge is 2.41. The van der Waals surface area contributed by atoms with Gasteiger partial charge in [-0.05, 0) is 64.7 Å². The Hall–Kier alpha value is -6.17. The predicted molar refractivity (Wildman–Crippen MR) is 215 cm³/mol. The molecule has 0 atom stereocenters. The Bertz CT molecular complexity index is 3180. The lowest BCUT2D eigenvalue weighted by molar-refractivity contribution is 0.667. The lowest BCUT2D eigenvalue weighted by Crippen LogP contribution is -2.18. The Labute approximate surface area is 304 Å². The molecule has 3 aromatic heterocycles. The maximum Gasteiger partial charge on any atom is 0.235 e.